The number of aromatic nitrogens is 1. The van der Waals surface area contributed by atoms with Gasteiger partial charge in [-0.1, -0.05) is 48.3 Å². The number of carbonyl (C=O) groups is 1. The zero-order chi connectivity index (χ0) is 27.9. The lowest BCUT2D eigenvalue weighted by atomic mass is 9.72. The van der Waals surface area contributed by atoms with Crippen LogP contribution in [0, 0.1) is 25.2 Å². The van der Waals surface area contributed by atoms with Gasteiger partial charge >= 0.3 is 0 Å². The molecule has 0 saturated carbocycles. The Kier molecular flexibility index (Phi) is 7.91. The van der Waals surface area contributed by atoms with Gasteiger partial charge in [0.2, 0.25) is 0 Å². The summed E-state index contributed by atoms with van der Waals surface area (Å²) >= 11 is 11.2. The summed E-state index contributed by atoms with van der Waals surface area (Å²) in [6.45, 7) is 11.1. The van der Waals surface area contributed by atoms with Crippen LogP contribution in [0.3, 0.4) is 0 Å². The number of halogens is 2. The second kappa shape index (κ2) is 11.1. The van der Waals surface area contributed by atoms with Gasteiger partial charge in [-0.3, -0.25) is 4.79 Å². The number of fused-ring (bicyclic) bond motifs is 1. The summed E-state index contributed by atoms with van der Waals surface area (Å²) < 4.78 is 3.28. The molecule has 1 atom stereocenters. The quantitative estimate of drug-likeness (QED) is 0.221. The number of amides is 1. The Balaban J connectivity index is 1.51. The highest BCUT2D eigenvalue weighted by molar-refractivity contribution is 9.10. The van der Waals surface area contributed by atoms with Crippen molar-refractivity contribution < 1.29 is 4.79 Å². The molecule has 202 valence electrons. The van der Waals surface area contributed by atoms with Crippen molar-refractivity contribution in [2.75, 3.05) is 5.32 Å². The summed E-state index contributed by atoms with van der Waals surface area (Å²) in [6.07, 6.45) is 4.87. The molecule has 0 saturated heterocycles. The molecule has 2 aromatic heterocycles. The summed E-state index contributed by atoms with van der Waals surface area (Å²) in [5.41, 5.74) is 7.20. The van der Waals surface area contributed by atoms with E-state index in [4.69, 9.17) is 16.6 Å². The Morgan fingerprint density at radius 1 is 1.13 bits per heavy atom. The minimum atomic E-state index is -0.114. The van der Waals surface area contributed by atoms with Crippen LogP contribution in [0.1, 0.15) is 64.9 Å². The molecule has 39 heavy (non-hydrogen) atoms. The zero-order valence-electron chi connectivity index (χ0n) is 22.9. The van der Waals surface area contributed by atoms with Crippen molar-refractivity contribution in [2.24, 2.45) is 16.3 Å². The Morgan fingerprint density at radius 2 is 1.82 bits per heavy atom. The van der Waals surface area contributed by atoms with Crippen LogP contribution in [0.2, 0.25) is 5.02 Å². The third kappa shape index (κ3) is 5.93. The third-order valence-corrected chi connectivity index (χ3v) is 9.62. The topological polar surface area (TPSA) is 46.4 Å². The normalized spacial score (nSPS) is 15.5. The van der Waals surface area contributed by atoms with Gasteiger partial charge in [0.25, 0.3) is 5.91 Å². The van der Waals surface area contributed by atoms with E-state index in [9.17, 15) is 4.79 Å². The van der Waals surface area contributed by atoms with Gasteiger partial charge in [-0.2, -0.15) is 0 Å². The number of benzene rings is 2. The number of hydrogen-bond donors (Lipinski definition) is 1. The molecule has 7 heteroatoms. The molecule has 0 aliphatic heterocycles. The van der Waals surface area contributed by atoms with Gasteiger partial charge < -0.3 is 9.88 Å². The number of aryl methyl sites for hydroxylation is 1. The van der Waals surface area contributed by atoms with Crippen molar-refractivity contribution in [3.8, 4) is 5.69 Å². The van der Waals surface area contributed by atoms with Crippen molar-refractivity contribution in [2.45, 2.75) is 53.9 Å². The Hall–Kier alpha value is -2.67. The summed E-state index contributed by atoms with van der Waals surface area (Å²) in [6, 6.07) is 17.7. The van der Waals surface area contributed by atoms with E-state index < -0.39 is 0 Å². The molecule has 0 unspecified atom stereocenters. The number of carbonyl (C=O) groups excluding carboxylic acids is 1. The second-order valence-electron chi connectivity index (χ2n) is 11.3. The first kappa shape index (κ1) is 27.9. The number of hydrogen-bond acceptors (Lipinski definition) is 3. The maximum absolute atomic E-state index is 13.7. The van der Waals surface area contributed by atoms with Crippen LogP contribution >= 0.6 is 38.9 Å². The van der Waals surface area contributed by atoms with Crippen LogP contribution in [0.15, 0.2) is 64.1 Å². The molecule has 1 amide bonds. The smallest absolute Gasteiger partial charge is 0.259 e. The molecule has 5 rings (SSSR count). The number of rotatable bonds is 5. The van der Waals surface area contributed by atoms with E-state index in [1.54, 1.807) is 23.5 Å². The van der Waals surface area contributed by atoms with Gasteiger partial charge in [-0.05, 0) is 105 Å². The molecular formula is C32H33BrClN3OS. The summed E-state index contributed by atoms with van der Waals surface area (Å²) in [5, 5.41) is 4.49. The van der Waals surface area contributed by atoms with Crippen molar-refractivity contribution >= 4 is 61.7 Å². The van der Waals surface area contributed by atoms with Crippen molar-refractivity contribution in [1.29, 1.82) is 0 Å². The fraction of sp³-hybridized carbons (Fsp3) is 0.312. The van der Waals surface area contributed by atoms with Gasteiger partial charge in [0.15, 0.2) is 0 Å². The van der Waals surface area contributed by atoms with E-state index in [0.717, 1.165) is 62.6 Å². The van der Waals surface area contributed by atoms with Crippen LogP contribution in [0.4, 0.5) is 10.7 Å². The fourth-order valence-corrected chi connectivity index (χ4v) is 7.06. The minimum absolute atomic E-state index is 0.114. The number of nitrogens with one attached hydrogen (secondary N) is 1. The monoisotopic (exact) mass is 621 g/mol. The SMILES string of the molecule is Cc1cc(C=Nc2sc3c(c2C(=O)Nc2ccc(Cl)cc2)CC[C@@H](C(C)(C)C)C3)c(C)n1-c1ccc(Br)cc1. The lowest BCUT2D eigenvalue weighted by Crippen LogP contribution is -2.27. The average Bonchev–Trinajstić information content (AvgIpc) is 3.39. The molecule has 1 aliphatic carbocycles. The van der Waals surface area contributed by atoms with E-state index in [0.29, 0.717) is 16.5 Å². The molecule has 0 radical (unpaired) electrons. The number of aliphatic imine (C=N–C) groups is 1. The van der Waals surface area contributed by atoms with Crippen LogP contribution < -0.4 is 5.32 Å². The van der Waals surface area contributed by atoms with E-state index in [1.807, 2.05) is 18.3 Å². The van der Waals surface area contributed by atoms with E-state index in [1.165, 1.54) is 4.88 Å². The molecule has 0 bridgehead atoms. The maximum atomic E-state index is 13.7. The standard InChI is InChI=1S/C32H33BrClN3OS/c1-19-16-21(20(2)37(19)26-13-7-23(33)8-14-26)18-35-31-29(30(38)36-25-11-9-24(34)10-12-25)27-15-6-22(32(3,4)5)17-28(27)39-31/h7-14,16,18,22H,6,15,17H2,1-5H3,(H,36,38)/t22-/m1/s1. The highest BCUT2D eigenvalue weighted by Crippen LogP contribution is 2.45. The maximum Gasteiger partial charge on any atom is 0.259 e. The van der Waals surface area contributed by atoms with Gasteiger partial charge in [-0.15, -0.1) is 11.3 Å². The van der Waals surface area contributed by atoms with Crippen LogP contribution in [0.5, 0.6) is 0 Å². The van der Waals surface area contributed by atoms with Gasteiger partial charge in [-0.25, -0.2) is 4.99 Å². The van der Waals surface area contributed by atoms with Crippen LogP contribution in [-0.4, -0.2) is 16.7 Å². The van der Waals surface area contributed by atoms with Gasteiger partial charge in [0.05, 0.1) is 5.56 Å². The van der Waals surface area contributed by atoms with Crippen molar-refractivity contribution in [1.82, 2.24) is 4.57 Å². The Labute approximate surface area is 248 Å². The Morgan fingerprint density at radius 3 is 2.49 bits per heavy atom. The van der Waals surface area contributed by atoms with Gasteiger partial charge in [0, 0.05) is 48.9 Å². The Bertz CT molecular complexity index is 1540. The molecule has 1 N–H and O–H groups in total. The number of anilines is 1. The summed E-state index contributed by atoms with van der Waals surface area (Å²) in [4.78, 5) is 19.9. The van der Waals surface area contributed by atoms with E-state index in [2.05, 4.69) is 90.8 Å². The molecule has 0 spiro atoms. The van der Waals surface area contributed by atoms with Gasteiger partial charge in [0.1, 0.15) is 5.00 Å². The minimum Gasteiger partial charge on any atom is -0.322 e. The largest absolute Gasteiger partial charge is 0.322 e. The highest BCUT2D eigenvalue weighted by Gasteiger charge is 2.33. The predicted octanol–water partition coefficient (Wildman–Crippen LogP) is 9.73. The first-order valence-electron chi connectivity index (χ1n) is 13.2. The highest BCUT2D eigenvalue weighted by atomic mass is 79.9. The zero-order valence-corrected chi connectivity index (χ0v) is 26.1. The molecule has 1 aliphatic rings. The number of thiophene rings is 1. The van der Waals surface area contributed by atoms with E-state index in [-0.39, 0.29) is 11.3 Å². The molecular weight excluding hydrogens is 590 g/mol. The first-order valence-corrected chi connectivity index (χ1v) is 15.2. The molecule has 2 aromatic carbocycles. The second-order valence-corrected chi connectivity index (χ2v) is 13.8. The molecule has 4 aromatic rings. The lowest BCUT2D eigenvalue weighted by molar-refractivity contribution is 0.102. The number of nitrogens with zero attached hydrogens (tertiary/aromatic N) is 2. The summed E-state index contributed by atoms with van der Waals surface area (Å²) in [7, 11) is 0. The van der Waals surface area contributed by atoms with Crippen LogP contribution in [0.25, 0.3) is 5.69 Å². The summed E-state index contributed by atoms with van der Waals surface area (Å²) in [5.74, 6) is 0.467. The molecule has 4 nitrogen and oxygen atoms in total. The lowest BCUT2D eigenvalue weighted by Gasteiger charge is -2.33. The average molecular weight is 623 g/mol. The van der Waals surface area contributed by atoms with Crippen molar-refractivity contribution in [3.05, 3.63) is 97.0 Å². The van der Waals surface area contributed by atoms with Crippen LogP contribution in [-0.2, 0) is 12.8 Å². The molecule has 0 fully saturated rings. The predicted molar refractivity (Wildman–Crippen MR) is 169 cm³/mol. The fourth-order valence-electron chi connectivity index (χ4n) is 5.40. The first-order chi connectivity index (χ1) is 18.5. The third-order valence-electron chi connectivity index (χ3n) is 7.68. The van der Waals surface area contributed by atoms with E-state index >= 15 is 0 Å². The molecule has 2 heterocycles. The van der Waals surface area contributed by atoms with Crippen molar-refractivity contribution in [3.63, 3.8) is 0 Å².